The molecule has 0 aromatic carbocycles. The lowest BCUT2D eigenvalue weighted by Crippen LogP contribution is -2.39. The molecule has 1 aliphatic heterocycles. The summed E-state index contributed by atoms with van der Waals surface area (Å²) in [5.41, 5.74) is 1.36. The molecule has 6 heteroatoms. The largest absolute Gasteiger partial charge is 0.497 e. The summed E-state index contributed by atoms with van der Waals surface area (Å²) in [6.07, 6.45) is 2.39. The maximum absolute atomic E-state index is 12.0. The second-order valence-electron chi connectivity index (χ2n) is 6.12. The highest BCUT2D eigenvalue weighted by Gasteiger charge is 2.24. The van der Waals surface area contributed by atoms with E-state index in [1.165, 1.54) is 0 Å². The minimum absolute atomic E-state index is 0.292. The lowest BCUT2D eigenvalue weighted by Gasteiger charge is -2.29. The van der Waals surface area contributed by atoms with E-state index in [2.05, 4.69) is 4.98 Å². The SMILES string of the molecule is COc1cc(Cl)nc(C2=CCN(C(=O)OC(C)(C)C)CC2)c1. The van der Waals surface area contributed by atoms with Crippen molar-refractivity contribution in [1.29, 1.82) is 0 Å². The van der Waals surface area contributed by atoms with Gasteiger partial charge in [0.05, 0.1) is 12.8 Å². The van der Waals surface area contributed by atoms with Crippen LogP contribution < -0.4 is 4.74 Å². The number of halogens is 1. The lowest BCUT2D eigenvalue weighted by molar-refractivity contribution is 0.0270. The molecule has 1 amide bonds. The van der Waals surface area contributed by atoms with Gasteiger partial charge in [-0.15, -0.1) is 0 Å². The predicted octanol–water partition coefficient (Wildman–Crippen LogP) is 3.77. The summed E-state index contributed by atoms with van der Waals surface area (Å²) in [5.74, 6) is 0.672. The third kappa shape index (κ3) is 4.37. The van der Waals surface area contributed by atoms with Crippen LogP contribution in [0, 0.1) is 0 Å². The molecule has 0 bridgehead atoms. The molecule has 1 aromatic rings. The highest BCUT2D eigenvalue weighted by Crippen LogP contribution is 2.26. The smallest absolute Gasteiger partial charge is 0.410 e. The Morgan fingerprint density at radius 3 is 2.64 bits per heavy atom. The van der Waals surface area contributed by atoms with Crippen molar-refractivity contribution < 1.29 is 14.3 Å². The summed E-state index contributed by atoms with van der Waals surface area (Å²) in [5, 5.41) is 0.393. The van der Waals surface area contributed by atoms with Crippen LogP contribution in [-0.4, -0.2) is 41.8 Å². The van der Waals surface area contributed by atoms with E-state index in [1.807, 2.05) is 32.9 Å². The van der Waals surface area contributed by atoms with Crippen LogP contribution >= 0.6 is 11.6 Å². The monoisotopic (exact) mass is 324 g/mol. The minimum Gasteiger partial charge on any atom is -0.497 e. The molecule has 0 spiro atoms. The van der Waals surface area contributed by atoms with Gasteiger partial charge in [0.1, 0.15) is 16.5 Å². The Balaban J connectivity index is 2.08. The van der Waals surface area contributed by atoms with Crippen LogP contribution in [0.3, 0.4) is 0 Å². The van der Waals surface area contributed by atoms with Crippen LogP contribution in [0.4, 0.5) is 4.79 Å². The molecule has 0 radical (unpaired) electrons. The van der Waals surface area contributed by atoms with Crippen molar-refractivity contribution in [3.05, 3.63) is 29.1 Å². The van der Waals surface area contributed by atoms with E-state index in [1.54, 1.807) is 18.1 Å². The van der Waals surface area contributed by atoms with Crippen molar-refractivity contribution in [3.8, 4) is 5.75 Å². The summed E-state index contributed by atoms with van der Waals surface area (Å²) in [7, 11) is 1.59. The van der Waals surface area contributed by atoms with E-state index < -0.39 is 5.60 Å². The van der Waals surface area contributed by atoms with Crippen molar-refractivity contribution in [2.45, 2.75) is 32.8 Å². The van der Waals surface area contributed by atoms with Gasteiger partial charge in [0.15, 0.2) is 0 Å². The second-order valence-corrected chi connectivity index (χ2v) is 6.51. The Morgan fingerprint density at radius 1 is 1.36 bits per heavy atom. The van der Waals surface area contributed by atoms with Crippen LogP contribution in [0.25, 0.3) is 5.57 Å². The number of carbonyl (C=O) groups is 1. The van der Waals surface area contributed by atoms with Gasteiger partial charge in [-0.25, -0.2) is 9.78 Å². The number of methoxy groups -OCH3 is 1. The number of amides is 1. The highest BCUT2D eigenvalue weighted by molar-refractivity contribution is 6.29. The molecule has 0 unspecified atom stereocenters. The molecule has 120 valence electrons. The number of nitrogens with zero attached hydrogens (tertiary/aromatic N) is 2. The fourth-order valence-electron chi connectivity index (χ4n) is 2.15. The summed E-state index contributed by atoms with van der Waals surface area (Å²) >= 11 is 6.00. The first-order chi connectivity index (χ1) is 10.3. The summed E-state index contributed by atoms with van der Waals surface area (Å²) < 4.78 is 10.6. The average molecular weight is 325 g/mol. The van der Waals surface area contributed by atoms with Gasteiger partial charge in [0, 0.05) is 25.2 Å². The number of hydrogen-bond donors (Lipinski definition) is 0. The molecule has 0 saturated heterocycles. The first-order valence-electron chi connectivity index (χ1n) is 7.17. The fraction of sp³-hybridized carbons (Fsp3) is 0.500. The van der Waals surface area contributed by atoms with Gasteiger partial charge in [-0.3, -0.25) is 0 Å². The zero-order valence-electron chi connectivity index (χ0n) is 13.4. The zero-order valence-corrected chi connectivity index (χ0v) is 14.1. The maximum atomic E-state index is 12.0. The number of ether oxygens (including phenoxy) is 2. The predicted molar refractivity (Wildman–Crippen MR) is 86.2 cm³/mol. The Bertz CT molecular complexity index is 594. The van der Waals surface area contributed by atoms with E-state index >= 15 is 0 Å². The van der Waals surface area contributed by atoms with Crippen LogP contribution in [-0.2, 0) is 4.74 Å². The Hall–Kier alpha value is -1.75. The molecule has 2 heterocycles. The van der Waals surface area contributed by atoms with E-state index in [-0.39, 0.29) is 6.09 Å². The van der Waals surface area contributed by atoms with E-state index in [4.69, 9.17) is 21.1 Å². The molecule has 2 rings (SSSR count). The summed E-state index contributed by atoms with van der Waals surface area (Å²) in [6, 6.07) is 3.52. The maximum Gasteiger partial charge on any atom is 0.410 e. The van der Waals surface area contributed by atoms with E-state index in [9.17, 15) is 4.79 Å². The number of aromatic nitrogens is 1. The van der Waals surface area contributed by atoms with Crippen molar-refractivity contribution >= 4 is 23.3 Å². The van der Waals surface area contributed by atoms with Gasteiger partial charge in [0.2, 0.25) is 0 Å². The molecular formula is C16H21ClN2O3. The van der Waals surface area contributed by atoms with Crippen LogP contribution in [0.5, 0.6) is 5.75 Å². The molecule has 0 N–H and O–H groups in total. The Morgan fingerprint density at radius 2 is 2.09 bits per heavy atom. The quantitative estimate of drug-likeness (QED) is 0.777. The zero-order chi connectivity index (χ0) is 16.3. The van der Waals surface area contributed by atoms with Crippen LogP contribution in [0.15, 0.2) is 18.2 Å². The normalized spacial score (nSPS) is 15.3. The Kier molecular flexibility index (Phi) is 4.96. The van der Waals surface area contributed by atoms with Crippen molar-refractivity contribution in [2.24, 2.45) is 0 Å². The summed E-state index contributed by atoms with van der Waals surface area (Å²) in [4.78, 5) is 18.0. The molecule has 0 saturated carbocycles. The molecule has 22 heavy (non-hydrogen) atoms. The minimum atomic E-state index is -0.483. The topological polar surface area (TPSA) is 51.7 Å². The van der Waals surface area contributed by atoms with Crippen molar-refractivity contribution in [3.63, 3.8) is 0 Å². The average Bonchev–Trinajstić information content (AvgIpc) is 2.45. The molecule has 0 fully saturated rings. The fourth-order valence-corrected chi connectivity index (χ4v) is 2.35. The summed E-state index contributed by atoms with van der Waals surface area (Å²) in [6.45, 7) is 6.67. The lowest BCUT2D eigenvalue weighted by atomic mass is 10.0. The third-order valence-electron chi connectivity index (χ3n) is 3.19. The molecule has 0 aliphatic carbocycles. The number of rotatable bonds is 2. The van der Waals surface area contributed by atoms with Gasteiger partial charge in [-0.1, -0.05) is 17.7 Å². The van der Waals surface area contributed by atoms with Crippen molar-refractivity contribution in [1.82, 2.24) is 9.88 Å². The molecule has 5 nitrogen and oxygen atoms in total. The van der Waals surface area contributed by atoms with E-state index in [0.717, 1.165) is 11.3 Å². The van der Waals surface area contributed by atoms with Crippen molar-refractivity contribution in [2.75, 3.05) is 20.2 Å². The number of hydrogen-bond acceptors (Lipinski definition) is 4. The molecule has 1 aliphatic rings. The first-order valence-corrected chi connectivity index (χ1v) is 7.55. The first kappa shape index (κ1) is 16.6. The van der Waals surface area contributed by atoms with Gasteiger partial charge >= 0.3 is 6.09 Å². The van der Waals surface area contributed by atoms with Gasteiger partial charge in [0.25, 0.3) is 0 Å². The third-order valence-corrected chi connectivity index (χ3v) is 3.39. The van der Waals surface area contributed by atoms with Crippen LogP contribution in [0.1, 0.15) is 32.9 Å². The van der Waals surface area contributed by atoms with Gasteiger partial charge < -0.3 is 14.4 Å². The molecule has 0 atom stereocenters. The number of pyridine rings is 1. The van der Waals surface area contributed by atoms with E-state index in [0.29, 0.717) is 30.4 Å². The molecule has 1 aromatic heterocycles. The number of carbonyl (C=O) groups excluding carboxylic acids is 1. The Labute approximate surface area is 135 Å². The van der Waals surface area contributed by atoms with Gasteiger partial charge in [-0.05, 0) is 32.8 Å². The van der Waals surface area contributed by atoms with Crippen LogP contribution in [0.2, 0.25) is 5.15 Å². The standard InChI is InChI=1S/C16H21ClN2O3/c1-16(2,3)22-15(20)19-7-5-11(6-8-19)13-9-12(21-4)10-14(17)18-13/h5,9-10H,6-8H2,1-4H3. The second kappa shape index (κ2) is 6.57. The van der Waals surface area contributed by atoms with Gasteiger partial charge in [-0.2, -0.15) is 0 Å². The molecular weight excluding hydrogens is 304 g/mol. The highest BCUT2D eigenvalue weighted by atomic mass is 35.5.